The summed E-state index contributed by atoms with van der Waals surface area (Å²) >= 11 is 0. The van der Waals surface area contributed by atoms with E-state index in [9.17, 15) is 9.18 Å². The molecular formula is C17H17FO2. The Bertz CT molecular complexity index is 592. The first-order chi connectivity index (χ1) is 9.65. The normalized spacial score (nSPS) is 14.8. The van der Waals surface area contributed by atoms with E-state index in [0.29, 0.717) is 16.9 Å². The van der Waals surface area contributed by atoms with E-state index in [2.05, 4.69) is 6.08 Å². The molecule has 0 atom stereocenters. The van der Waals surface area contributed by atoms with Crippen molar-refractivity contribution < 1.29 is 13.9 Å². The Labute approximate surface area is 118 Å². The Morgan fingerprint density at radius 2 is 1.95 bits per heavy atom. The molecule has 20 heavy (non-hydrogen) atoms. The monoisotopic (exact) mass is 272 g/mol. The van der Waals surface area contributed by atoms with Crippen LogP contribution < -0.4 is 0 Å². The number of carbonyl (C=O) groups is 1. The SMILES string of the molecule is CCC1=CCC=C(OC)C(C(=O)c2ccc(F)cc2)=C1. The number of hydrogen-bond donors (Lipinski definition) is 0. The Kier molecular flexibility index (Phi) is 4.51. The summed E-state index contributed by atoms with van der Waals surface area (Å²) in [5.74, 6) is 0.0615. The summed E-state index contributed by atoms with van der Waals surface area (Å²) in [6.07, 6.45) is 7.40. The lowest BCUT2D eigenvalue weighted by Gasteiger charge is -2.10. The van der Waals surface area contributed by atoms with E-state index < -0.39 is 0 Å². The molecule has 0 unspecified atom stereocenters. The summed E-state index contributed by atoms with van der Waals surface area (Å²) < 4.78 is 18.3. The number of ether oxygens (including phenoxy) is 1. The van der Waals surface area contributed by atoms with Crippen LogP contribution >= 0.6 is 0 Å². The molecule has 0 aromatic heterocycles. The second kappa shape index (κ2) is 6.33. The van der Waals surface area contributed by atoms with Gasteiger partial charge in [0, 0.05) is 5.56 Å². The average molecular weight is 272 g/mol. The third-order valence-corrected chi connectivity index (χ3v) is 3.26. The molecule has 3 heteroatoms. The highest BCUT2D eigenvalue weighted by molar-refractivity contribution is 6.11. The van der Waals surface area contributed by atoms with Crippen molar-refractivity contribution in [2.45, 2.75) is 19.8 Å². The fourth-order valence-electron chi connectivity index (χ4n) is 2.12. The molecule has 1 aromatic rings. The first kappa shape index (κ1) is 14.3. The Hall–Kier alpha value is -2.16. The van der Waals surface area contributed by atoms with Crippen LogP contribution in [0.5, 0.6) is 0 Å². The minimum atomic E-state index is -0.354. The highest BCUT2D eigenvalue weighted by Crippen LogP contribution is 2.24. The first-order valence-corrected chi connectivity index (χ1v) is 6.61. The van der Waals surface area contributed by atoms with Crippen LogP contribution in [0, 0.1) is 5.82 Å². The van der Waals surface area contributed by atoms with Gasteiger partial charge in [-0.2, -0.15) is 0 Å². The maximum atomic E-state index is 12.9. The van der Waals surface area contributed by atoms with Crippen molar-refractivity contribution in [3.63, 3.8) is 0 Å². The van der Waals surface area contributed by atoms with Crippen molar-refractivity contribution >= 4 is 5.78 Å². The fourth-order valence-corrected chi connectivity index (χ4v) is 2.12. The van der Waals surface area contributed by atoms with Gasteiger partial charge in [-0.15, -0.1) is 0 Å². The van der Waals surface area contributed by atoms with Gasteiger partial charge in [0.2, 0.25) is 0 Å². The Balaban J connectivity index is 2.40. The molecule has 1 aromatic carbocycles. The topological polar surface area (TPSA) is 26.3 Å². The molecule has 104 valence electrons. The van der Waals surface area contributed by atoms with Crippen LogP contribution in [0.25, 0.3) is 0 Å². The molecule has 0 radical (unpaired) electrons. The molecule has 0 fully saturated rings. The number of benzene rings is 1. The second-order valence-corrected chi connectivity index (χ2v) is 4.53. The predicted molar refractivity (Wildman–Crippen MR) is 76.9 cm³/mol. The van der Waals surface area contributed by atoms with E-state index in [4.69, 9.17) is 4.74 Å². The lowest BCUT2D eigenvalue weighted by atomic mass is 9.99. The number of methoxy groups -OCH3 is 1. The first-order valence-electron chi connectivity index (χ1n) is 6.61. The molecule has 0 amide bonds. The van der Waals surface area contributed by atoms with Gasteiger partial charge in [-0.25, -0.2) is 4.39 Å². The lowest BCUT2D eigenvalue weighted by molar-refractivity contribution is 0.102. The summed E-state index contributed by atoms with van der Waals surface area (Å²) in [5.41, 5.74) is 2.07. The van der Waals surface area contributed by atoms with E-state index in [1.54, 1.807) is 7.11 Å². The van der Waals surface area contributed by atoms with Gasteiger partial charge in [0.05, 0.1) is 12.7 Å². The van der Waals surface area contributed by atoms with E-state index >= 15 is 0 Å². The number of hydrogen-bond acceptors (Lipinski definition) is 2. The highest BCUT2D eigenvalue weighted by atomic mass is 19.1. The maximum absolute atomic E-state index is 12.9. The molecule has 1 aliphatic rings. The van der Waals surface area contributed by atoms with Gasteiger partial charge in [-0.05, 0) is 49.3 Å². The number of ketones is 1. The van der Waals surface area contributed by atoms with Gasteiger partial charge in [0.25, 0.3) is 0 Å². The van der Waals surface area contributed by atoms with Crippen molar-refractivity contribution in [3.05, 3.63) is 70.8 Å². The fraction of sp³-hybridized carbons (Fsp3) is 0.235. The second-order valence-electron chi connectivity index (χ2n) is 4.53. The summed E-state index contributed by atoms with van der Waals surface area (Å²) in [6.45, 7) is 2.04. The zero-order valence-electron chi connectivity index (χ0n) is 11.7. The van der Waals surface area contributed by atoms with Crippen LogP contribution in [-0.2, 0) is 4.74 Å². The number of carbonyl (C=O) groups excluding carboxylic acids is 1. The van der Waals surface area contributed by atoms with Gasteiger partial charge in [0.1, 0.15) is 11.6 Å². The molecule has 0 heterocycles. The molecule has 0 bridgehead atoms. The minimum Gasteiger partial charge on any atom is -0.496 e. The standard InChI is InChI=1S/C17H17FO2/c1-3-12-5-4-6-16(20-2)15(11-12)17(19)13-7-9-14(18)10-8-13/h5-11H,3-4H2,1-2H3. The van der Waals surface area contributed by atoms with Crippen LogP contribution in [0.4, 0.5) is 4.39 Å². The van der Waals surface area contributed by atoms with E-state index in [1.807, 2.05) is 19.1 Å². The number of rotatable bonds is 4. The van der Waals surface area contributed by atoms with Crippen molar-refractivity contribution in [1.82, 2.24) is 0 Å². The zero-order chi connectivity index (χ0) is 14.5. The third-order valence-electron chi connectivity index (χ3n) is 3.26. The number of halogens is 1. The average Bonchev–Trinajstić information content (AvgIpc) is 2.69. The largest absolute Gasteiger partial charge is 0.496 e. The molecule has 0 N–H and O–H groups in total. The van der Waals surface area contributed by atoms with Crippen LogP contribution in [0.15, 0.2) is 59.4 Å². The van der Waals surface area contributed by atoms with Crippen molar-refractivity contribution in [3.8, 4) is 0 Å². The molecule has 0 saturated carbocycles. The van der Waals surface area contributed by atoms with Gasteiger partial charge in [0.15, 0.2) is 5.78 Å². The molecule has 1 aliphatic carbocycles. The van der Waals surface area contributed by atoms with Gasteiger partial charge in [-0.1, -0.05) is 18.6 Å². The van der Waals surface area contributed by atoms with Crippen LogP contribution in [0.3, 0.4) is 0 Å². The van der Waals surface area contributed by atoms with E-state index in [1.165, 1.54) is 24.3 Å². The maximum Gasteiger partial charge on any atom is 0.196 e. The molecule has 2 nitrogen and oxygen atoms in total. The highest BCUT2D eigenvalue weighted by Gasteiger charge is 2.19. The van der Waals surface area contributed by atoms with Gasteiger partial charge < -0.3 is 4.74 Å². The van der Waals surface area contributed by atoms with Gasteiger partial charge in [-0.3, -0.25) is 4.79 Å². The van der Waals surface area contributed by atoms with Crippen molar-refractivity contribution in [2.24, 2.45) is 0 Å². The third kappa shape index (κ3) is 3.05. The summed E-state index contributed by atoms with van der Waals surface area (Å²) in [4.78, 5) is 12.6. The Morgan fingerprint density at radius 3 is 2.55 bits per heavy atom. The van der Waals surface area contributed by atoms with E-state index in [-0.39, 0.29) is 11.6 Å². The van der Waals surface area contributed by atoms with Crippen LogP contribution in [-0.4, -0.2) is 12.9 Å². The van der Waals surface area contributed by atoms with Crippen molar-refractivity contribution in [1.29, 1.82) is 0 Å². The number of allylic oxidation sites excluding steroid dienone is 5. The smallest absolute Gasteiger partial charge is 0.196 e. The summed E-state index contributed by atoms with van der Waals surface area (Å²) in [5, 5.41) is 0. The van der Waals surface area contributed by atoms with Crippen LogP contribution in [0.1, 0.15) is 30.1 Å². The lowest BCUT2D eigenvalue weighted by Crippen LogP contribution is -2.07. The molecule has 0 saturated heterocycles. The minimum absolute atomic E-state index is 0.153. The Morgan fingerprint density at radius 1 is 1.25 bits per heavy atom. The molecule has 0 aliphatic heterocycles. The quantitative estimate of drug-likeness (QED) is 0.768. The van der Waals surface area contributed by atoms with Crippen LogP contribution in [0.2, 0.25) is 0 Å². The summed E-state index contributed by atoms with van der Waals surface area (Å²) in [7, 11) is 1.55. The molecular weight excluding hydrogens is 255 g/mol. The molecule has 0 spiro atoms. The van der Waals surface area contributed by atoms with E-state index in [0.717, 1.165) is 18.4 Å². The number of Topliss-reactive ketones (excluding diaryl/α,β-unsaturated/α-hetero) is 1. The zero-order valence-corrected chi connectivity index (χ0v) is 11.7. The van der Waals surface area contributed by atoms with Crippen molar-refractivity contribution in [2.75, 3.05) is 7.11 Å². The van der Waals surface area contributed by atoms with Gasteiger partial charge >= 0.3 is 0 Å². The predicted octanol–water partition coefficient (Wildman–Crippen LogP) is 4.21. The summed E-state index contributed by atoms with van der Waals surface area (Å²) in [6, 6.07) is 5.56. The molecule has 2 rings (SSSR count).